The van der Waals surface area contributed by atoms with Crippen LogP contribution >= 0.6 is 0 Å². The number of nitrogens with zero attached hydrogens (tertiary/aromatic N) is 3. The van der Waals surface area contributed by atoms with Gasteiger partial charge in [-0.25, -0.2) is 0 Å². The Morgan fingerprint density at radius 1 is 0.600 bits per heavy atom. The lowest BCUT2D eigenvalue weighted by Crippen LogP contribution is -2.35. The van der Waals surface area contributed by atoms with Gasteiger partial charge in [-0.2, -0.15) is 0 Å². The molecule has 0 aromatic carbocycles. The van der Waals surface area contributed by atoms with E-state index in [-0.39, 0.29) is 0 Å². The Balaban J connectivity index is 4.29. The molecule has 0 bridgehead atoms. The normalized spacial score (nSPS) is 12.7. The van der Waals surface area contributed by atoms with Crippen LogP contribution in [-0.4, -0.2) is 89.0 Å². The van der Waals surface area contributed by atoms with Gasteiger partial charge in [-0.15, -0.1) is 0 Å². The van der Waals surface area contributed by atoms with Gasteiger partial charge in [-0.3, -0.25) is 0 Å². The van der Waals surface area contributed by atoms with E-state index in [2.05, 4.69) is 55.5 Å². The van der Waals surface area contributed by atoms with Crippen LogP contribution in [0.1, 0.15) is 47.0 Å². The first-order valence-electron chi connectivity index (χ1n) is 10.6. The fraction of sp³-hybridized carbons (Fsp3) is 1.00. The van der Waals surface area contributed by atoms with E-state index in [1.165, 1.54) is 84.2 Å². The summed E-state index contributed by atoms with van der Waals surface area (Å²) in [5.41, 5.74) is 0. The summed E-state index contributed by atoms with van der Waals surface area (Å²) >= 11 is 0. The van der Waals surface area contributed by atoms with Crippen molar-refractivity contribution in [2.45, 2.75) is 66.1 Å². The van der Waals surface area contributed by atoms with Gasteiger partial charge < -0.3 is 19.1 Å². The molecule has 0 saturated heterocycles. The second kappa shape index (κ2) is 15.1. The molecule has 0 aliphatic carbocycles. The first kappa shape index (κ1) is 25.1. The van der Waals surface area contributed by atoms with E-state index in [0.717, 1.165) is 0 Å². The fourth-order valence-corrected chi connectivity index (χ4v) is 4.50. The topological polar surface area (TPSA) is 19.0 Å². The molecule has 0 aromatic heterocycles. The van der Waals surface area contributed by atoms with Crippen LogP contribution in [0.3, 0.4) is 0 Å². The largest absolute Gasteiger partial charge is 0.420 e. The molecule has 0 aliphatic rings. The van der Waals surface area contributed by atoms with Crippen molar-refractivity contribution in [1.82, 2.24) is 14.7 Å². The van der Waals surface area contributed by atoms with Crippen LogP contribution in [-0.2, 0) is 4.43 Å². The number of hydrogen-bond acceptors (Lipinski definition) is 4. The van der Waals surface area contributed by atoms with Crippen LogP contribution in [0.4, 0.5) is 0 Å². The quantitative estimate of drug-likeness (QED) is 0.359. The second-order valence-corrected chi connectivity index (χ2v) is 12.1. The molecule has 0 unspecified atom stereocenters. The van der Waals surface area contributed by atoms with Crippen LogP contribution in [0.5, 0.6) is 0 Å². The number of rotatable bonds is 17. The van der Waals surface area contributed by atoms with Crippen molar-refractivity contribution >= 4 is 8.32 Å². The van der Waals surface area contributed by atoms with Crippen molar-refractivity contribution in [2.24, 2.45) is 0 Å². The molecular weight excluding hydrogens is 326 g/mol. The average Bonchev–Trinajstić information content (AvgIpc) is 2.61. The van der Waals surface area contributed by atoms with Gasteiger partial charge in [0.1, 0.15) is 0 Å². The molecule has 25 heavy (non-hydrogen) atoms. The highest BCUT2D eigenvalue weighted by Crippen LogP contribution is 2.13. The smallest absolute Gasteiger partial charge is 0.186 e. The van der Waals surface area contributed by atoms with Crippen LogP contribution in [0.25, 0.3) is 0 Å². The van der Waals surface area contributed by atoms with Gasteiger partial charge in [-0.05, 0) is 97.3 Å². The third kappa shape index (κ3) is 13.0. The molecule has 0 amide bonds. The van der Waals surface area contributed by atoms with E-state index < -0.39 is 8.32 Å². The van der Waals surface area contributed by atoms with Gasteiger partial charge in [0.15, 0.2) is 8.32 Å². The van der Waals surface area contributed by atoms with Gasteiger partial charge in [0.05, 0.1) is 0 Å². The third-order valence-corrected chi connectivity index (χ3v) is 8.15. The molecule has 4 nitrogen and oxygen atoms in total. The van der Waals surface area contributed by atoms with E-state index in [1.807, 2.05) is 7.11 Å². The Morgan fingerprint density at radius 2 is 0.960 bits per heavy atom. The summed E-state index contributed by atoms with van der Waals surface area (Å²) in [4.78, 5) is 7.77. The minimum Gasteiger partial charge on any atom is -0.420 e. The molecule has 0 atom stereocenters. The summed E-state index contributed by atoms with van der Waals surface area (Å²) in [6.45, 7) is 24.6. The van der Waals surface area contributed by atoms with Crippen molar-refractivity contribution in [1.29, 1.82) is 0 Å². The molecule has 0 heterocycles. The molecule has 0 radical (unpaired) electrons. The Kier molecular flexibility index (Phi) is 15.2. The van der Waals surface area contributed by atoms with Gasteiger partial charge >= 0.3 is 0 Å². The predicted octanol–water partition coefficient (Wildman–Crippen LogP) is 3.99. The van der Waals surface area contributed by atoms with Gasteiger partial charge in [0.25, 0.3) is 0 Å². The summed E-state index contributed by atoms with van der Waals surface area (Å²) in [5, 5.41) is 0. The number of hydrogen-bond donors (Lipinski definition) is 0. The maximum Gasteiger partial charge on any atom is 0.186 e. The van der Waals surface area contributed by atoms with E-state index in [0.29, 0.717) is 0 Å². The maximum absolute atomic E-state index is 5.71. The predicted molar refractivity (Wildman–Crippen MR) is 115 cm³/mol. The van der Waals surface area contributed by atoms with Crippen LogP contribution in [0.2, 0.25) is 19.1 Å². The molecule has 0 aliphatic heterocycles. The van der Waals surface area contributed by atoms with Gasteiger partial charge in [0, 0.05) is 7.11 Å². The summed E-state index contributed by atoms with van der Waals surface area (Å²) in [6, 6.07) is 1.27. The van der Waals surface area contributed by atoms with Crippen molar-refractivity contribution in [3.63, 3.8) is 0 Å². The van der Waals surface area contributed by atoms with Crippen molar-refractivity contribution in [3.8, 4) is 0 Å². The minimum atomic E-state index is -1.41. The highest BCUT2D eigenvalue weighted by atomic mass is 28.4. The lowest BCUT2D eigenvalue weighted by molar-refractivity contribution is 0.217. The van der Waals surface area contributed by atoms with Crippen LogP contribution in [0, 0.1) is 0 Å². The van der Waals surface area contributed by atoms with E-state index >= 15 is 0 Å². The summed E-state index contributed by atoms with van der Waals surface area (Å²) < 4.78 is 5.71. The molecule has 0 rings (SSSR count). The molecule has 152 valence electrons. The standard InChI is InChI=1S/C20H47N3OSi/c1-8-21(9-2)15-12-17-23(18-13-16-22(10-3)11-4)19-14-20-25(6,7)24-5/h8-20H2,1-7H3. The zero-order chi connectivity index (χ0) is 19.1. The monoisotopic (exact) mass is 373 g/mol. The first-order valence-corrected chi connectivity index (χ1v) is 13.8. The third-order valence-electron chi connectivity index (χ3n) is 5.49. The minimum absolute atomic E-state index is 1.17. The first-order chi connectivity index (χ1) is 11.9. The van der Waals surface area contributed by atoms with Crippen molar-refractivity contribution in [2.75, 3.05) is 66.0 Å². The highest BCUT2D eigenvalue weighted by Gasteiger charge is 2.20. The lowest BCUT2D eigenvalue weighted by atomic mass is 10.2. The van der Waals surface area contributed by atoms with E-state index in [1.54, 1.807) is 0 Å². The summed E-state index contributed by atoms with van der Waals surface area (Å²) in [6.07, 6.45) is 3.86. The maximum atomic E-state index is 5.71. The Labute approximate surface area is 160 Å². The molecular formula is C20H47N3OSi. The summed E-state index contributed by atoms with van der Waals surface area (Å²) in [7, 11) is 0.478. The highest BCUT2D eigenvalue weighted by molar-refractivity contribution is 6.71. The Hall–Kier alpha value is 0.0569. The Bertz CT molecular complexity index is 277. The van der Waals surface area contributed by atoms with Crippen LogP contribution in [0.15, 0.2) is 0 Å². The Morgan fingerprint density at radius 3 is 1.32 bits per heavy atom. The molecule has 5 heteroatoms. The lowest BCUT2D eigenvalue weighted by Gasteiger charge is -2.27. The molecule has 0 fully saturated rings. The molecule has 0 aromatic rings. The molecule has 0 spiro atoms. The van der Waals surface area contributed by atoms with Gasteiger partial charge in [-0.1, -0.05) is 27.7 Å². The zero-order valence-electron chi connectivity index (χ0n) is 18.4. The van der Waals surface area contributed by atoms with E-state index in [9.17, 15) is 0 Å². The van der Waals surface area contributed by atoms with Crippen molar-refractivity contribution in [3.05, 3.63) is 0 Å². The molecule has 0 saturated carbocycles. The molecule has 0 N–H and O–H groups in total. The zero-order valence-corrected chi connectivity index (χ0v) is 19.4. The average molecular weight is 374 g/mol. The van der Waals surface area contributed by atoms with Gasteiger partial charge in [0.2, 0.25) is 0 Å². The van der Waals surface area contributed by atoms with E-state index in [4.69, 9.17) is 4.43 Å². The van der Waals surface area contributed by atoms with Crippen LogP contribution < -0.4 is 0 Å². The fourth-order valence-electron chi connectivity index (χ4n) is 3.28. The van der Waals surface area contributed by atoms with Crippen molar-refractivity contribution < 1.29 is 4.43 Å². The second-order valence-electron chi connectivity index (χ2n) is 7.67. The summed E-state index contributed by atoms with van der Waals surface area (Å²) in [5.74, 6) is 0. The SMILES string of the molecule is CCN(CC)CCCN(CCCN(CC)CC)CCC[Si](C)(C)OC.